The lowest BCUT2D eigenvalue weighted by Gasteiger charge is -2.37. The maximum absolute atomic E-state index is 14.1. The number of nitrogens with one attached hydrogen (secondary N) is 2. The third kappa shape index (κ3) is 12.9. The van der Waals surface area contributed by atoms with E-state index in [2.05, 4.69) is 41.3 Å². The summed E-state index contributed by atoms with van der Waals surface area (Å²) in [7, 11) is 0. The highest BCUT2D eigenvalue weighted by Crippen LogP contribution is 2.47. The minimum Gasteiger partial charge on any atom is -0.508 e. The number of nitrogens with zero attached hydrogens (tertiary/aromatic N) is 4. The molecule has 4 heterocycles. The lowest BCUT2D eigenvalue weighted by molar-refractivity contribution is -0.144. The van der Waals surface area contributed by atoms with Gasteiger partial charge in [0.2, 0.25) is 17.7 Å². The summed E-state index contributed by atoms with van der Waals surface area (Å²) in [6.45, 7) is 13.1. The summed E-state index contributed by atoms with van der Waals surface area (Å²) in [6.07, 6.45) is -0.723. The zero-order valence-corrected chi connectivity index (χ0v) is 42.5. The van der Waals surface area contributed by atoms with Crippen LogP contribution in [0.5, 0.6) is 23.0 Å². The number of aromatic nitrogens is 1. The molecule has 69 heavy (non-hydrogen) atoms. The number of ether oxygens (including phenoxy) is 3. The molecule has 2 saturated heterocycles. The van der Waals surface area contributed by atoms with Crippen LogP contribution in [0.4, 0.5) is 0 Å². The fourth-order valence-corrected chi connectivity index (χ4v) is 10.8. The summed E-state index contributed by atoms with van der Waals surface area (Å²) in [5, 5.41) is 27.6. The Morgan fingerprint density at radius 3 is 2.25 bits per heavy atom. The van der Waals surface area contributed by atoms with Crippen molar-refractivity contribution in [2.75, 3.05) is 65.6 Å². The van der Waals surface area contributed by atoms with Gasteiger partial charge in [-0.05, 0) is 83.6 Å². The number of hydrogen-bond acceptors (Lipinski definition) is 13. The molecule has 6 aromatic rings. The number of rotatable bonds is 18. The quantitative estimate of drug-likeness (QED) is 0.0615. The van der Waals surface area contributed by atoms with Crippen molar-refractivity contribution in [2.45, 2.75) is 58.8 Å². The molecule has 0 spiro atoms. The molecule has 364 valence electrons. The largest absolute Gasteiger partial charge is 0.508 e. The molecule has 3 amide bonds. The molecule has 0 bridgehead atoms. The van der Waals surface area contributed by atoms with Crippen molar-refractivity contribution in [3.8, 4) is 43.9 Å². The van der Waals surface area contributed by atoms with E-state index in [1.807, 2.05) is 112 Å². The second kappa shape index (κ2) is 22.6. The molecule has 2 aliphatic rings. The highest BCUT2D eigenvalue weighted by Gasteiger charge is 2.44. The molecular formula is C52H59BrN6O8S2. The van der Waals surface area contributed by atoms with Crippen molar-refractivity contribution >= 4 is 66.4 Å². The summed E-state index contributed by atoms with van der Waals surface area (Å²) < 4.78 is 20.2. The minimum atomic E-state index is -0.892. The van der Waals surface area contributed by atoms with Crippen LogP contribution in [0.1, 0.15) is 38.4 Å². The number of likely N-dealkylation sites (tertiary alicyclic amines) is 1. The monoisotopic (exact) mass is 1040 g/mol. The molecule has 4 N–H and O–H groups in total. The smallest absolute Gasteiger partial charge is 0.246 e. The summed E-state index contributed by atoms with van der Waals surface area (Å²) in [5.41, 5.74) is 5.14. The van der Waals surface area contributed by atoms with Crippen molar-refractivity contribution in [1.29, 1.82) is 0 Å². The van der Waals surface area contributed by atoms with E-state index in [9.17, 15) is 24.6 Å². The van der Waals surface area contributed by atoms with Crippen molar-refractivity contribution in [3.63, 3.8) is 0 Å². The molecular weight excluding hydrogens is 981 g/mol. The van der Waals surface area contributed by atoms with Crippen LogP contribution in [0, 0.1) is 12.3 Å². The maximum atomic E-state index is 14.1. The zero-order valence-electron chi connectivity index (χ0n) is 39.3. The standard InChI is InChI=1S/C52H59BrN6O8S2/c1-33-47(68-32-55-33)35-7-5-34(6-8-35)29-54-50(63)43-27-39(61)30-59(43)51(64)49(52(2,3)4)56-45(62)31-58-21-19-57(20-22-58)23-24-65-25-26-66-40-14-16-41(17-15-40)67-46-42-18-13-38(60)28-44(42)69-48(46)36-9-11-37(53)12-10-36/h5-18,28,32,39,43,49,60-61H,19-27,29-31H2,1-4H3,(H,54,63)(H,56,62)/t39-,43+,49?/m1/s1. The highest BCUT2D eigenvalue weighted by atomic mass is 79.9. The Hall–Kier alpha value is -5.40. The van der Waals surface area contributed by atoms with Crippen LogP contribution in [0.3, 0.4) is 0 Å². The van der Waals surface area contributed by atoms with E-state index < -0.39 is 23.6 Å². The summed E-state index contributed by atoms with van der Waals surface area (Å²) >= 11 is 6.67. The van der Waals surface area contributed by atoms with Crippen molar-refractivity contribution in [2.24, 2.45) is 5.41 Å². The molecule has 17 heteroatoms. The van der Waals surface area contributed by atoms with E-state index in [4.69, 9.17) is 14.2 Å². The van der Waals surface area contributed by atoms with Gasteiger partial charge in [0.25, 0.3) is 0 Å². The maximum Gasteiger partial charge on any atom is 0.246 e. The van der Waals surface area contributed by atoms with Gasteiger partial charge in [0.15, 0.2) is 5.75 Å². The van der Waals surface area contributed by atoms with E-state index >= 15 is 0 Å². The number of aryl methyl sites for hydroxylation is 1. The molecule has 8 rings (SSSR count). The van der Waals surface area contributed by atoms with E-state index in [0.29, 0.717) is 44.4 Å². The third-order valence-corrected chi connectivity index (χ3v) is 15.1. The highest BCUT2D eigenvalue weighted by molar-refractivity contribution is 9.10. The number of aromatic hydroxyl groups is 1. The Balaban J connectivity index is 0.735. The average molecular weight is 1040 g/mol. The van der Waals surface area contributed by atoms with Gasteiger partial charge in [-0.3, -0.25) is 24.2 Å². The number of phenols is 1. The van der Waals surface area contributed by atoms with Crippen LogP contribution >= 0.6 is 38.6 Å². The number of amides is 3. The molecule has 2 aliphatic heterocycles. The molecule has 0 aliphatic carbocycles. The van der Waals surface area contributed by atoms with Crippen molar-refractivity contribution in [3.05, 3.63) is 112 Å². The van der Waals surface area contributed by atoms with Gasteiger partial charge in [0, 0.05) is 66.8 Å². The first-order valence-corrected chi connectivity index (χ1v) is 25.7. The Bertz CT molecular complexity index is 2700. The molecule has 14 nitrogen and oxygen atoms in total. The van der Waals surface area contributed by atoms with Gasteiger partial charge in [-0.15, -0.1) is 22.7 Å². The van der Waals surface area contributed by atoms with Crippen LogP contribution in [-0.4, -0.2) is 131 Å². The number of carbonyl (C=O) groups excluding carboxylic acids is 3. The fourth-order valence-electron chi connectivity index (χ4n) is 8.55. The second-order valence-corrected chi connectivity index (χ2v) is 21.4. The molecule has 2 fully saturated rings. The molecule has 2 aromatic heterocycles. The normalized spacial score (nSPS) is 17.2. The molecule has 3 atom stereocenters. The summed E-state index contributed by atoms with van der Waals surface area (Å²) in [6, 6.07) is 27.1. The first-order valence-electron chi connectivity index (χ1n) is 23.2. The van der Waals surface area contributed by atoms with Crippen LogP contribution in [0.25, 0.3) is 31.0 Å². The Kier molecular flexibility index (Phi) is 16.4. The van der Waals surface area contributed by atoms with Crippen LogP contribution in [-0.2, 0) is 25.7 Å². The number of benzene rings is 4. The van der Waals surface area contributed by atoms with Gasteiger partial charge in [0.1, 0.15) is 35.9 Å². The van der Waals surface area contributed by atoms with E-state index in [0.717, 1.165) is 72.1 Å². The fraction of sp³-hybridized carbons (Fsp3) is 0.385. The second-order valence-electron chi connectivity index (χ2n) is 18.5. The number of phenolic OH excluding ortho intramolecular Hbond substituents is 1. The first-order chi connectivity index (χ1) is 33.2. The van der Waals surface area contributed by atoms with Gasteiger partial charge in [-0.2, -0.15) is 0 Å². The summed E-state index contributed by atoms with van der Waals surface area (Å²) in [5.74, 6) is 1.34. The van der Waals surface area contributed by atoms with Gasteiger partial charge in [0.05, 0.1) is 46.8 Å². The number of aliphatic hydroxyl groups is 1. The van der Waals surface area contributed by atoms with E-state index in [1.165, 1.54) is 4.90 Å². The number of carbonyl (C=O) groups is 3. The Labute approximate surface area is 419 Å². The Morgan fingerprint density at radius 1 is 0.870 bits per heavy atom. The van der Waals surface area contributed by atoms with Crippen LogP contribution < -0.4 is 20.1 Å². The zero-order chi connectivity index (χ0) is 48.7. The number of piperazine rings is 1. The average Bonchev–Trinajstić information content (AvgIpc) is 4.05. The van der Waals surface area contributed by atoms with Gasteiger partial charge in [-0.25, -0.2) is 4.98 Å². The van der Waals surface area contributed by atoms with Gasteiger partial charge >= 0.3 is 0 Å². The number of halogens is 1. The molecule has 0 saturated carbocycles. The Morgan fingerprint density at radius 2 is 1.55 bits per heavy atom. The molecule has 4 aromatic carbocycles. The first kappa shape index (κ1) is 50.0. The van der Waals surface area contributed by atoms with Gasteiger partial charge in [-0.1, -0.05) is 73.1 Å². The number of aliphatic hydroxyl groups excluding tert-OH is 1. The summed E-state index contributed by atoms with van der Waals surface area (Å²) in [4.78, 5) is 53.3. The molecule has 1 unspecified atom stereocenters. The number of β-amino-alcohol motifs (C(OH)–C–C–N with tert-alkyl or cyclic N) is 1. The number of thiophene rings is 1. The third-order valence-electron chi connectivity index (χ3n) is 12.4. The topological polar surface area (TPSA) is 166 Å². The van der Waals surface area contributed by atoms with E-state index in [1.54, 1.807) is 34.8 Å². The van der Waals surface area contributed by atoms with Crippen molar-refractivity contribution < 1.29 is 38.8 Å². The SMILES string of the molecule is Cc1ncsc1-c1ccc(CNC(=O)[C@@H]2C[C@@H](O)CN2C(=O)C(NC(=O)CN2CCN(CCOCCOc3ccc(Oc4c(-c5ccc(Br)cc5)sc5cc(O)ccc45)cc3)CC2)C(C)(C)C)cc1. The predicted molar refractivity (Wildman–Crippen MR) is 274 cm³/mol. The lowest BCUT2D eigenvalue weighted by Crippen LogP contribution is -2.59. The predicted octanol–water partition coefficient (Wildman–Crippen LogP) is 8.08. The van der Waals surface area contributed by atoms with Crippen LogP contribution in [0.2, 0.25) is 0 Å². The van der Waals surface area contributed by atoms with E-state index in [-0.39, 0.29) is 49.5 Å². The molecule has 0 radical (unpaired) electrons. The van der Waals surface area contributed by atoms with Gasteiger partial charge < -0.3 is 40.0 Å². The van der Waals surface area contributed by atoms with Crippen LogP contribution in [0.15, 0.2) is 101 Å². The number of hydrogen-bond donors (Lipinski definition) is 4. The number of thiazole rings is 1. The number of fused-ring (bicyclic) bond motifs is 1. The lowest BCUT2D eigenvalue weighted by atomic mass is 9.85. The minimum absolute atomic E-state index is 0.0176. The van der Waals surface area contributed by atoms with Crippen molar-refractivity contribution in [1.82, 2.24) is 30.3 Å².